The number of hydrogen-bond donors (Lipinski definition) is 0. The Morgan fingerprint density at radius 2 is 1.38 bits per heavy atom. The first kappa shape index (κ1) is 15.9. The molecule has 0 aromatic heterocycles. The Morgan fingerprint density at radius 1 is 0.905 bits per heavy atom. The van der Waals surface area contributed by atoms with Crippen molar-refractivity contribution in [2.75, 3.05) is 20.6 Å². The molecule has 0 aliphatic carbocycles. The van der Waals surface area contributed by atoms with Crippen LogP contribution in [0.15, 0.2) is 48.5 Å². The van der Waals surface area contributed by atoms with Gasteiger partial charge in [0.1, 0.15) is 11.4 Å². The van der Waals surface area contributed by atoms with Crippen LogP contribution in [-0.4, -0.2) is 31.1 Å². The summed E-state index contributed by atoms with van der Waals surface area (Å²) in [6.07, 6.45) is 0. The zero-order valence-corrected chi connectivity index (χ0v) is 13.8. The number of rotatable bonds is 5. The predicted octanol–water partition coefficient (Wildman–Crippen LogP) is 4.73. The van der Waals surface area contributed by atoms with Crippen molar-refractivity contribution in [3.05, 3.63) is 53.6 Å². The summed E-state index contributed by atoms with van der Waals surface area (Å²) in [4.78, 5) is 2.13. The van der Waals surface area contributed by atoms with Crippen molar-refractivity contribution in [1.82, 2.24) is 4.90 Å². The van der Waals surface area contributed by atoms with Gasteiger partial charge in [0, 0.05) is 11.6 Å². The van der Waals surface area contributed by atoms with Crippen molar-refractivity contribution in [2.45, 2.75) is 19.4 Å². The van der Waals surface area contributed by atoms with Gasteiger partial charge in [-0.3, -0.25) is 0 Å². The first-order chi connectivity index (χ1) is 9.85. The van der Waals surface area contributed by atoms with Crippen molar-refractivity contribution < 1.29 is 4.74 Å². The number of ether oxygens (including phenoxy) is 1. The Balaban J connectivity index is 2.10. The van der Waals surface area contributed by atoms with Crippen LogP contribution in [0, 0.1) is 0 Å². The smallest absolute Gasteiger partial charge is 0.120 e. The topological polar surface area (TPSA) is 12.5 Å². The van der Waals surface area contributed by atoms with Crippen molar-refractivity contribution in [1.29, 1.82) is 0 Å². The highest BCUT2D eigenvalue weighted by Gasteiger charge is 2.20. The third kappa shape index (κ3) is 4.76. The van der Waals surface area contributed by atoms with Gasteiger partial charge in [-0.15, -0.1) is 0 Å². The molecule has 0 saturated carbocycles. The summed E-state index contributed by atoms with van der Waals surface area (Å²) in [7, 11) is 4.10. The highest BCUT2D eigenvalue weighted by molar-refractivity contribution is 6.30. The Bertz CT molecular complexity index is 573. The lowest BCUT2D eigenvalue weighted by molar-refractivity contribution is 0.0775. The van der Waals surface area contributed by atoms with Gasteiger partial charge in [-0.25, -0.2) is 0 Å². The maximum Gasteiger partial charge on any atom is 0.120 e. The molecule has 21 heavy (non-hydrogen) atoms. The predicted molar refractivity (Wildman–Crippen MR) is 90.1 cm³/mol. The molecule has 0 N–H and O–H groups in total. The van der Waals surface area contributed by atoms with E-state index in [1.54, 1.807) is 0 Å². The summed E-state index contributed by atoms with van der Waals surface area (Å²) in [5.74, 6) is 0.888. The molecular weight excluding hydrogens is 282 g/mol. The van der Waals surface area contributed by atoms with Gasteiger partial charge < -0.3 is 9.64 Å². The van der Waals surface area contributed by atoms with Crippen LogP contribution >= 0.6 is 11.6 Å². The van der Waals surface area contributed by atoms with E-state index in [4.69, 9.17) is 16.3 Å². The summed E-state index contributed by atoms with van der Waals surface area (Å²) in [6, 6.07) is 16.0. The van der Waals surface area contributed by atoms with Crippen molar-refractivity contribution in [3.63, 3.8) is 0 Å². The van der Waals surface area contributed by atoms with Crippen molar-refractivity contribution >= 4 is 11.6 Å². The average Bonchev–Trinajstić information content (AvgIpc) is 2.38. The van der Waals surface area contributed by atoms with E-state index in [1.165, 1.54) is 0 Å². The number of hydrogen-bond acceptors (Lipinski definition) is 2. The van der Waals surface area contributed by atoms with E-state index in [9.17, 15) is 0 Å². The molecule has 0 unspecified atom stereocenters. The second-order valence-corrected chi connectivity index (χ2v) is 6.57. The monoisotopic (exact) mass is 303 g/mol. The molecule has 0 heterocycles. The second-order valence-electron chi connectivity index (χ2n) is 6.13. The lowest BCUT2D eigenvalue weighted by atomic mass is 10.1. The highest BCUT2D eigenvalue weighted by atomic mass is 35.5. The maximum absolute atomic E-state index is 6.06. The van der Waals surface area contributed by atoms with Gasteiger partial charge in [0.05, 0.1) is 0 Å². The molecule has 0 amide bonds. The van der Waals surface area contributed by atoms with Gasteiger partial charge in [0.2, 0.25) is 0 Å². The molecule has 2 nitrogen and oxygen atoms in total. The highest BCUT2D eigenvalue weighted by Crippen LogP contribution is 2.25. The summed E-state index contributed by atoms with van der Waals surface area (Å²) in [5, 5.41) is 0.754. The van der Waals surface area contributed by atoms with E-state index in [0.29, 0.717) is 0 Å². The number of halogens is 1. The second kappa shape index (κ2) is 6.50. The molecule has 0 fully saturated rings. The number of likely N-dealkylation sites (N-methyl/N-ethyl adjacent to an activating group) is 1. The molecule has 2 aromatic carbocycles. The molecule has 112 valence electrons. The molecule has 2 rings (SSSR count). The van der Waals surface area contributed by atoms with E-state index < -0.39 is 0 Å². The molecule has 0 saturated heterocycles. The lowest BCUT2D eigenvalue weighted by Crippen LogP contribution is -2.39. The third-order valence-electron chi connectivity index (χ3n) is 3.12. The Labute approximate surface area is 132 Å². The first-order valence-corrected chi connectivity index (χ1v) is 7.43. The minimum Gasteiger partial charge on any atom is -0.487 e. The van der Waals surface area contributed by atoms with Gasteiger partial charge >= 0.3 is 0 Å². The minimum absolute atomic E-state index is 0.217. The quantitative estimate of drug-likeness (QED) is 0.792. The fourth-order valence-corrected chi connectivity index (χ4v) is 2.60. The van der Waals surface area contributed by atoms with Gasteiger partial charge in [-0.05, 0) is 63.3 Å². The molecule has 0 bridgehead atoms. The van der Waals surface area contributed by atoms with Crippen molar-refractivity contribution in [3.8, 4) is 16.9 Å². The van der Waals surface area contributed by atoms with Crippen LogP contribution in [0.4, 0.5) is 0 Å². The molecule has 0 radical (unpaired) electrons. The zero-order valence-electron chi connectivity index (χ0n) is 13.1. The SMILES string of the molecule is CN(C)CC(C)(C)Oc1ccc(-c2ccc(Cl)cc2)cc1. The van der Waals surface area contributed by atoms with Crippen LogP contribution in [0.5, 0.6) is 5.75 Å². The molecular formula is C18H22ClNO. The molecule has 2 aromatic rings. The summed E-state index contributed by atoms with van der Waals surface area (Å²) >= 11 is 5.91. The summed E-state index contributed by atoms with van der Waals surface area (Å²) in [5.41, 5.74) is 2.09. The fraction of sp³-hybridized carbons (Fsp3) is 0.333. The Kier molecular flexibility index (Phi) is 4.92. The van der Waals surface area contributed by atoms with E-state index in [2.05, 4.69) is 45.0 Å². The van der Waals surface area contributed by atoms with Crippen molar-refractivity contribution in [2.24, 2.45) is 0 Å². The summed E-state index contributed by atoms with van der Waals surface area (Å²) in [6.45, 7) is 5.06. The molecule has 0 aliphatic rings. The van der Waals surface area contributed by atoms with Gasteiger partial charge in [0.15, 0.2) is 0 Å². The van der Waals surface area contributed by atoms with Gasteiger partial charge in [-0.1, -0.05) is 35.9 Å². The first-order valence-electron chi connectivity index (χ1n) is 7.05. The normalized spacial score (nSPS) is 11.7. The summed E-state index contributed by atoms with van der Waals surface area (Å²) < 4.78 is 6.06. The van der Waals surface area contributed by atoms with E-state index in [-0.39, 0.29) is 5.60 Å². The minimum atomic E-state index is -0.217. The van der Waals surface area contributed by atoms with Crippen LogP contribution in [0.1, 0.15) is 13.8 Å². The molecule has 3 heteroatoms. The van der Waals surface area contributed by atoms with Crippen LogP contribution < -0.4 is 4.74 Å². The zero-order chi connectivity index (χ0) is 15.5. The standard InChI is InChI=1S/C18H22ClNO/c1-18(2,13-20(3)4)21-17-11-7-15(8-12-17)14-5-9-16(19)10-6-14/h5-12H,13H2,1-4H3. The van der Waals surface area contributed by atoms with Gasteiger partial charge in [-0.2, -0.15) is 0 Å². The van der Waals surface area contributed by atoms with E-state index >= 15 is 0 Å². The van der Waals surface area contributed by atoms with Gasteiger partial charge in [0.25, 0.3) is 0 Å². The maximum atomic E-state index is 6.06. The van der Waals surface area contributed by atoms with E-state index in [1.807, 2.05) is 36.4 Å². The van der Waals surface area contributed by atoms with Crippen LogP contribution in [0.25, 0.3) is 11.1 Å². The van der Waals surface area contributed by atoms with Crippen LogP contribution in [-0.2, 0) is 0 Å². The van der Waals surface area contributed by atoms with Crippen LogP contribution in [0.2, 0.25) is 5.02 Å². The van der Waals surface area contributed by atoms with Crippen LogP contribution in [0.3, 0.4) is 0 Å². The largest absolute Gasteiger partial charge is 0.487 e. The lowest BCUT2D eigenvalue weighted by Gasteiger charge is -2.29. The number of benzene rings is 2. The fourth-order valence-electron chi connectivity index (χ4n) is 2.47. The molecule has 0 atom stereocenters. The van der Waals surface area contributed by atoms with E-state index in [0.717, 1.165) is 28.4 Å². The third-order valence-corrected chi connectivity index (χ3v) is 3.37. The number of nitrogens with zero attached hydrogens (tertiary/aromatic N) is 1. The Hall–Kier alpha value is -1.51. The molecule has 0 aliphatic heterocycles. The molecule has 0 spiro atoms. The Morgan fingerprint density at radius 3 is 1.86 bits per heavy atom. The average molecular weight is 304 g/mol.